The fourth-order valence-electron chi connectivity index (χ4n) is 7.42. The van der Waals surface area contributed by atoms with Crippen LogP contribution in [0.5, 0.6) is 0 Å². The molecule has 0 aliphatic heterocycles. The molecule has 0 aliphatic carbocycles. The minimum absolute atomic E-state index is 0.0469. The van der Waals surface area contributed by atoms with E-state index in [0.29, 0.717) is 49.9 Å². The van der Waals surface area contributed by atoms with Crippen LogP contribution in [0, 0.1) is 0 Å². The van der Waals surface area contributed by atoms with Gasteiger partial charge < -0.3 is 13.7 Å². The van der Waals surface area contributed by atoms with Crippen LogP contribution < -0.4 is 4.90 Å². The van der Waals surface area contributed by atoms with E-state index in [2.05, 4.69) is 0 Å². The fourth-order valence-corrected chi connectivity index (χ4v) is 7.42. The Morgan fingerprint density at radius 2 is 0.962 bits per heavy atom. The lowest BCUT2D eigenvalue weighted by molar-refractivity contribution is 0.669. The SMILES string of the molecule is [2H]c1c([2H])c(N(c2c([2H])c([2H])c(-c3ccc4c(c3)oc3ccccc34)c([2H])c2[2H])c2cccc3oc4c5ccccc5ccc4c23)c([2H])c([2H])c1-c1ccc2ccccc2c1. The van der Waals surface area contributed by atoms with Gasteiger partial charge in [-0.3, -0.25) is 0 Å². The first-order valence-corrected chi connectivity index (χ1v) is 17.4. The van der Waals surface area contributed by atoms with Gasteiger partial charge in [0.25, 0.3) is 0 Å². The highest BCUT2D eigenvalue weighted by Gasteiger charge is 2.21. The summed E-state index contributed by atoms with van der Waals surface area (Å²) in [6, 6.07) is 39.9. The second-order valence-corrected chi connectivity index (χ2v) is 13.1. The van der Waals surface area contributed by atoms with E-state index in [4.69, 9.17) is 8.83 Å². The van der Waals surface area contributed by atoms with Crippen LogP contribution in [0.1, 0.15) is 11.0 Å². The van der Waals surface area contributed by atoms with Crippen LogP contribution in [-0.4, -0.2) is 0 Å². The molecule has 0 saturated heterocycles. The fraction of sp³-hybridized carbons (Fsp3) is 0. The third-order valence-electron chi connectivity index (χ3n) is 9.98. The maximum atomic E-state index is 9.65. The third-order valence-corrected chi connectivity index (χ3v) is 9.98. The van der Waals surface area contributed by atoms with Crippen LogP contribution in [0.4, 0.5) is 17.1 Å². The van der Waals surface area contributed by atoms with Gasteiger partial charge >= 0.3 is 0 Å². The molecular formula is C50H31NO2. The van der Waals surface area contributed by atoms with Crippen molar-refractivity contribution in [2.24, 2.45) is 0 Å². The molecule has 11 rings (SSSR count). The van der Waals surface area contributed by atoms with E-state index in [9.17, 15) is 11.0 Å². The standard InChI is InChI=1S/C50H31NO2/c1-2-10-36-30-37(17-16-32(36)8-1)33-18-24-39(25-19-33)51(45-13-7-15-47-49(45)44-29-22-35-9-3-4-11-41(35)50(44)53-47)40-26-20-34(21-27-40)38-23-28-43-42-12-5-6-14-46(42)52-48(43)31-38/h1-31H/i18D,19D,20D,21D,24D,25D,26D,27D. The predicted molar refractivity (Wildman–Crippen MR) is 222 cm³/mol. The minimum Gasteiger partial charge on any atom is -0.456 e. The molecule has 248 valence electrons. The highest BCUT2D eigenvalue weighted by atomic mass is 16.3. The second-order valence-electron chi connectivity index (χ2n) is 13.1. The van der Waals surface area contributed by atoms with Crippen molar-refractivity contribution in [2.75, 3.05) is 4.90 Å². The number of nitrogens with zero attached hydrogens (tertiary/aromatic N) is 1. The highest BCUT2D eigenvalue weighted by Crippen LogP contribution is 2.45. The molecule has 0 saturated carbocycles. The molecule has 0 atom stereocenters. The number of furan rings is 2. The van der Waals surface area contributed by atoms with Crippen molar-refractivity contribution in [1.29, 1.82) is 0 Å². The van der Waals surface area contributed by atoms with E-state index in [1.165, 1.54) is 4.90 Å². The van der Waals surface area contributed by atoms with E-state index < -0.39 is 24.2 Å². The Morgan fingerprint density at radius 1 is 0.377 bits per heavy atom. The van der Waals surface area contributed by atoms with E-state index in [-0.39, 0.29) is 46.7 Å². The summed E-state index contributed by atoms with van der Waals surface area (Å²) in [5.74, 6) is 0. The number of hydrogen-bond donors (Lipinski definition) is 0. The van der Waals surface area contributed by atoms with Gasteiger partial charge in [-0.1, -0.05) is 121 Å². The van der Waals surface area contributed by atoms with Gasteiger partial charge in [0.2, 0.25) is 0 Å². The van der Waals surface area contributed by atoms with E-state index >= 15 is 0 Å². The van der Waals surface area contributed by atoms with Crippen molar-refractivity contribution in [3.05, 3.63) is 188 Å². The van der Waals surface area contributed by atoms with E-state index in [1.807, 2.05) is 103 Å². The number of benzene rings is 9. The minimum atomic E-state index is -0.438. The summed E-state index contributed by atoms with van der Waals surface area (Å²) in [5, 5.41) is 6.62. The predicted octanol–water partition coefficient (Wildman–Crippen LogP) is 14.6. The smallest absolute Gasteiger partial charge is 0.143 e. The first-order chi connectivity index (χ1) is 29.6. The van der Waals surface area contributed by atoms with Gasteiger partial charge in [0, 0.05) is 32.9 Å². The van der Waals surface area contributed by atoms with Crippen LogP contribution in [0.15, 0.2) is 197 Å². The third kappa shape index (κ3) is 4.82. The second kappa shape index (κ2) is 11.7. The monoisotopic (exact) mass is 685 g/mol. The van der Waals surface area contributed by atoms with Crippen molar-refractivity contribution >= 4 is 82.5 Å². The molecule has 3 nitrogen and oxygen atoms in total. The summed E-state index contributed by atoms with van der Waals surface area (Å²) in [6.07, 6.45) is 0. The van der Waals surface area contributed by atoms with E-state index in [0.717, 1.165) is 32.3 Å². The largest absolute Gasteiger partial charge is 0.456 e. The molecule has 2 aromatic heterocycles. The average Bonchev–Trinajstić information content (AvgIpc) is 3.86. The molecule has 53 heavy (non-hydrogen) atoms. The van der Waals surface area contributed by atoms with E-state index in [1.54, 1.807) is 36.4 Å². The summed E-state index contributed by atoms with van der Waals surface area (Å²) in [4.78, 5) is 1.35. The first kappa shape index (κ1) is 22.7. The Kier molecular flexibility index (Phi) is 5.01. The van der Waals surface area contributed by atoms with Crippen LogP contribution in [0.25, 0.3) is 87.7 Å². The Morgan fingerprint density at radius 3 is 1.75 bits per heavy atom. The molecular weight excluding hydrogens is 647 g/mol. The quantitative estimate of drug-likeness (QED) is 0.181. The number of anilines is 3. The van der Waals surface area contributed by atoms with Gasteiger partial charge in [0.1, 0.15) is 22.3 Å². The first-order valence-electron chi connectivity index (χ1n) is 21.4. The Balaban J connectivity index is 1.20. The van der Waals surface area contributed by atoms with Crippen LogP contribution in [0.2, 0.25) is 0 Å². The molecule has 0 aliphatic rings. The molecule has 9 aromatic carbocycles. The van der Waals surface area contributed by atoms with Gasteiger partial charge in [-0.05, 0) is 105 Å². The number of fused-ring (bicyclic) bond motifs is 9. The van der Waals surface area contributed by atoms with Crippen molar-refractivity contribution in [3.63, 3.8) is 0 Å². The molecule has 0 amide bonds. The molecule has 11 aromatic rings. The molecule has 0 spiro atoms. The molecule has 0 radical (unpaired) electrons. The zero-order valence-electron chi connectivity index (χ0n) is 36.0. The zero-order valence-corrected chi connectivity index (χ0v) is 28.0. The summed E-state index contributed by atoms with van der Waals surface area (Å²) >= 11 is 0. The summed E-state index contributed by atoms with van der Waals surface area (Å²) in [6.45, 7) is 0. The molecule has 0 unspecified atom stereocenters. The van der Waals surface area contributed by atoms with Crippen molar-refractivity contribution in [2.45, 2.75) is 0 Å². The molecule has 0 bridgehead atoms. The van der Waals surface area contributed by atoms with Crippen molar-refractivity contribution in [1.82, 2.24) is 0 Å². The van der Waals surface area contributed by atoms with Crippen LogP contribution in [0.3, 0.4) is 0 Å². The number of para-hydroxylation sites is 1. The maximum absolute atomic E-state index is 9.65. The lowest BCUT2D eigenvalue weighted by atomic mass is 10.00. The van der Waals surface area contributed by atoms with Gasteiger partial charge in [-0.25, -0.2) is 0 Å². The lowest BCUT2D eigenvalue weighted by Crippen LogP contribution is -2.10. The Bertz CT molecular complexity index is 3610. The highest BCUT2D eigenvalue weighted by molar-refractivity contribution is 6.19. The van der Waals surface area contributed by atoms with Gasteiger partial charge in [0.05, 0.1) is 22.0 Å². The summed E-state index contributed by atoms with van der Waals surface area (Å²) in [7, 11) is 0. The lowest BCUT2D eigenvalue weighted by Gasteiger charge is -2.26. The van der Waals surface area contributed by atoms with Gasteiger partial charge in [-0.2, -0.15) is 0 Å². The van der Waals surface area contributed by atoms with Crippen LogP contribution >= 0.6 is 0 Å². The summed E-state index contributed by atoms with van der Waals surface area (Å²) < 4.78 is 89.0. The maximum Gasteiger partial charge on any atom is 0.143 e. The zero-order chi connectivity index (χ0) is 41.8. The van der Waals surface area contributed by atoms with Gasteiger partial charge in [0.15, 0.2) is 0 Å². The van der Waals surface area contributed by atoms with Crippen molar-refractivity contribution in [3.8, 4) is 22.3 Å². The van der Waals surface area contributed by atoms with Crippen LogP contribution in [-0.2, 0) is 0 Å². The normalized spacial score (nSPS) is 13.9. The number of hydrogen-bond acceptors (Lipinski definition) is 3. The summed E-state index contributed by atoms with van der Waals surface area (Å²) in [5.41, 5.74) is 3.12. The number of rotatable bonds is 5. The average molecular weight is 686 g/mol. The molecule has 0 N–H and O–H groups in total. The van der Waals surface area contributed by atoms with Gasteiger partial charge in [-0.15, -0.1) is 0 Å². The Hall–Kier alpha value is -7.10. The molecule has 2 heterocycles. The molecule has 3 heteroatoms. The topological polar surface area (TPSA) is 29.5 Å². The Labute approximate surface area is 316 Å². The molecule has 0 fully saturated rings. The van der Waals surface area contributed by atoms with Crippen molar-refractivity contribution < 1.29 is 19.8 Å².